The first-order valence-electron chi connectivity index (χ1n) is 16.0. The van der Waals surface area contributed by atoms with E-state index < -0.39 is 0 Å². The molecular weight excluding hydrogens is 488 g/mol. The molecule has 0 aromatic heterocycles. The summed E-state index contributed by atoms with van der Waals surface area (Å²) in [5.74, 6) is 4.86. The molecule has 4 fully saturated rings. The van der Waals surface area contributed by atoms with Crippen LogP contribution in [0.2, 0.25) is 0 Å². The van der Waals surface area contributed by atoms with Crippen LogP contribution < -0.4 is 4.74 Å². The summed E-state index contributed by atoms with van der Waals surface area (Å²) >= 11 is 0. The molecule has 5 unspecified atom stereocenters. The van der Waals surface area contributed by atoms with Gasteiger partial charge in [0.05, 0.1) is 18.8 Å². The average Bonchev–Trinajstić information content (AvgIpc) is 2.95. The largest absolute Gasteiger partial charge is 0.494 e. The summed E-state index contributed by atoms with van der Waals surface area (Å²) in [7, 11) is 0. The number of carbonyl (C=O) groups is 1. The van der Waals surface area contributed by atoms with Crippen molar-refractivity contribution in [3.8, 4) is 5.75 Å². The molecule has 39 heavy (non-hydrogen) atoms. The molecule has 1 amide bonds. The molecule has 218 valence electrons. The van der Waals surface area contributed by atoms with Crippen LogP contribution in [0.25, 0.3) is 0 Å². The van der Waals surface area contributed by atoms with E-state index in [1.54, 1.807) is 6.92 Å². The van der Waals surface area contributed by atoms with Gasteiger partial charge in [-0.1, -0.05) is 32.4 Å². The number of piperazine rings is 1. The summed E-state index contributed by atoms with van der Waals surface area (Å²) in [6.45, 7) is 11.8. The Labute approximate surface area is 236 Å². The molecular formula is C33H52N2O4. The summed E-state index contributed by atoms with van der Waals surface area (Å²) in [5.41, 5.74) is 1.42. The molecule has 1 aromatic rings. The summed E-state index contributed by atoms with van der Waals surface area (Å²) in [6.07, 6.45) is 12.7. The van der Waals surface area contributed by atoms with E-state index >= 15 is 0 Å². The van der Waals surface area contributed by atoms with Crippen LogP contribution in [0.15, 0.2) is 24.3 Å². The average molecular weight is 541 g/mol. The fourth-order valence-corrected chi connectivity index (χ4v) is 8.00. The van der Waals surface area contributed by atoms with Crippen molar-refractivity contribution in [2.24, 2.45) is 23.7 Å². The van der Waals surface area contributed by atoms with Crippen molar-refractivity contribution in [3.63, 3.8) is 0 Å². The van der Waals surface area contributed by atoms with Crippen LogP contribution in [0.3, 0.4) is 0 Å². The lowest BCUT2D eigenvalue weighted by Crippen LogP contribution is -2.48. The fraction of sp³-hybridized carbons (Fsp3) is 0.788. The van der Waals surface area contributed by atoms with Gasteiger partial charge in [0, 0.05) is 39.6 Å². The van der Waals surface area contributed by atoms with E-state index in [2.05, 4.69) is 43.0 Å². The van der Waals surface area contributed by atoms with E-state index in [9.17, 15) is 4.79 Å². The van der Waals surface area contributed by atoms with E-state index in [1.807, 2.05) is 4.90 Å². The van der Waals surface area contributed by atoms with Gasteiger partial charge < -0.3 is 9.64 Å². The van der Waals surface area contributed by atoms with Crippen LogP contribution in [0.1, 0.15) is 96.5 Å². The summed E-state index contributed by atoms with van der Waals surface area (Å²) in [6, 6.07) is 8.79. The number of ether oxygens (including phenoxy) is 1. The Morgan fingerprint density at radius 2 is 1.67 bits per heavy atom. The minimum atomic E-state index is 0.188. The van der Waals surface area contributed by atoms with Gasteiger partial charge in [-0.3, -0.25) is 9.69 Å². The third kappa shape index (κ3) is 7.77. The molecule has 1 aliphatic heterocycles. The van der Waals surface area contributed by atoms with E-state index in [0.29, 0.717) is 23.9 Å². The Balaban J connectivity index is 0.987. The number of nitrogens with zero attached hydrogens (tertiary/aromatic N) is 2. The van der Waals surface area contributed by atoms with Gasteiger partial charge in [0.15, 0.2) is 0 Å². The second-order valence-corrected chi connectivity index (χ2v) is 13.1. The van der Waals surface area contributed by atoms with Gasteiger partial charge >= 0.3 is 0 Å². The zero-order chi connectivity index (χ0) is 27.2. The molecule has 3 saturated carbocycles. The lowest BCUT2D eigenvalue weighted by Gasteiger charge is -2.46. The highest BCUT2D eigenvalue weighted by molar-refractivity contribution is 5.73. The minimum absolute atomic E-state index is 0.188. The zero-order valence-corrected chi connectivity index (χ0v) is 24.7. The third-order valence-corrected chi connectivity index (χ3v) is 10.2. The molecule has 1 saturated heterocycles. The van der Waals surface area contributed by atoms with Crippen molar-refractivity contribution < 1.29 is 19.3 Å². The number of hydrogen-bond donors (Lipinski definition) is 0. The minimum Gasteiger partial charge on any atom is -0.494 e. The Kier molecular flexibility index (Phi) is 10.2. The second kappa shape index (κ2) is 13.8. The third-order valence-electron chi connectivity index (χ3n) is 10.2. The van der Waals surface area contributed by atoms with Crippen molar-refractivity contribution in [2.45, 2.75) is 103 Å². The van der Waals surface area contributed by atoms with E-state index in [1.165, 1.54) is 37.7 Å². The van der Waals surface area contributed by atoms with Crippen molar-refractivity contribution >= 4 is 5.91 Å². The summed E-state index contributed by atoms with van der Waals surface area (Å²) in [4.78, 5) is 28.3. The highest BCUT2D eigenvalue weighted by Crippen LogP contribution is 2.47. The normalized spacial score (nSPS) is 33.6. The SMILES string of the molecule is CCC1CC2CC(C)CC(C2)C1OOC1CCC(c2ccc(OCCCN3CCN(C(C)=O)CC3)cc2)CC1. The van der Waals surface area contributed by atoms with Crippen LogP contribution in [-0.4, -0.2) is 67.2 Å². The topological polar surface area (TPSA) is 51.2 Å². The van der Waals surface area contributed by atoms with Crippen molar-refractivity contribution in [3.05, 3.63) is 29.8 Å². The van der Waals surface area contributed by atoms with E-state index in [4.69, 9.17) is 14.5 Å². The first-order valence-corrected chi connectivity index (χ1v) is 16.0. The van der Waals surface area contributed by atoms with Gasteiger partial charge in [0.25, 0.3) is 0 Å². The Morgan fingerprint density at radius 3 is 2.36 bits per heavy atom. The molecule has 6 heteroatoms. The number of rotatable bonds is 10. The van der Waals surface area contributed by atoms with Gasteiger partial charge in [-0.2, -0.15) is 0 Å². The molecule has 0 radical (unpaired) electrons. The van der Waals surface area contributed by atoms with Crippen molar-refractivity contribution in [2.75, 3.05) is 39.3 Å². The maximum atomic E-state index is 11.5. The quantitative estimate of drug-likeness (QED) is 0.194. The number of amides is 1. The van der Waals surface area contributed by atoms with Crippen LogP contribution in [0.5, 0.6) is 5.75 Å². The van der Waals surface area contributed by atoms with Gasteiger partial charge in [0.2, 0.25) is 5.91 Å². The van der Waals surface area contributed by atoms with Gasteiger partial charge in [-0.05, 0) is 105 Å². The first kappa shape index (κ1) is 28.9. The summed E-state index contributed by atoms with van der Waals surface area (Å²) in [5, 5.41) is 0. The smallest absolute Gasteiger partial charge is 0.219 e. The highest BCUT2D eigenvalue weighted by atomic mass is 17.2. The predicted octanol–water partition coefficient (Wildman–Crippen LogP) is 6.44. The van der Waals surface area contributed by atoms with Gasteiger partial charge in [-0.15, -0.1) is 0 Å². The Bertz CT molecular complexity index is 889. The van der Waals surface area contributed by atoms with Crippen molar-refractivity contribution in [1.82, 2.24) is 9.80 Å². The molecule has 5 atom stereocenters. The van der Waals surface area contributed by atoms with Crippen LogP contribution in [0.4, 0.5) is 0 Å². The molecule has 3 aliphatic carbocycles. The van der Waals surface area contributed by atoms with Crippen LogP contribution in [-0.2, 0) is 14.6 Å². The molecule has 0 spiro atoms. The molecule has 5 rings (SSSR count). The second-order valence-electron chi connectivity index (χ2n) is 13.1. The zero-order valence-electron chi connectivity index (χ0n) is 24.7. The Hall–Kier alpha value is -1.63. The van der Waals surface area contributed by atoms with Crippen molar-refractivity contribution in [1.29, 1.82) is 0 Å². The fourth-order valence-electron chi connectivity index (χ4n) is 8.00. The molecule has 0 N–H and O–H groups in total. The lowest BCUT2D eigenvalue weighted by atomic mass is 9.63. The maximum absolute atomic E-state index is 11.5. The highest BCUT2D eigenvalue weighted by Gasteiger charge is 2.42. The number of benzene rings is 1. The first-order chi connectivity index (χ1) is 19.0. The standard InChI is InChI=1S/C33H52N2O4/c1-4-27-22-26-20-24(2)21-30(23-26)33(27)39-38-32-12-8-29(9-13-32)28-6-10-31(11-7-28)37-19-5-14-34-15-17-35(18-16-34)25(3)36/h6-7,10-11,24,26-27,29-30,32-33H,4-5,8-9,12-23H2,1-3H3. The van der Waals surface area contributed by atoms with E-state index in [-0.39, 0.29) is 12.0 Å². The molecule has 6 nitrogen and oxygen atoms in total. The molecule has 2 bridgehead atoms. The monoisotopic (exact) mass is 540 g/mol. The van der Waals surface area contributed by atoms with Crippen LogP contribution in [0, 0.1) is 23.7 Å². The lowest BCUT2D eigenvalue weighted by molar-refractivity contribution is -0.378. The van der Waals surface area contributed by atoms with Gasteiger partial charge in [0.1, 0.15) is 5.75 Å². The summed E-state index contributed by atoms with van der Waals surface area (Å²) < 4.78 is 6.03. The van der Waals surface area contributed by atoms with Gasteiger partial charge in [-0.25, -0.2) is 9.78 Å². The number of carbonyl (C=O) groups excluding carboxylic acids is 1. The van der Waals surface area contributed by atoms with E-state index in [0.717, 1.165) is 89.0 Å². The van der Waals surface area contributed by atoms with Crippen LogP contribution >= 0.6 is 0 Å². The molecule has 1 heterocycles. The molecule has 4 aliphatic rings. The number of fused-ring (bicyclic) bond motifs is 2. The number of hydrogen-bond acceptors (Lipinski definition) is 5. The Morgan fingerprint density at radius 1 is 0.923 bits per heavy atom. The molecule has 1 aromatic carbocycles. The predicted molar refractivity (Wildman–Crippen MR) is 155 cm³/mol. The maximum Gasteiger partial charge on any atom is 0.219 e.